The van der Waals surface area contributed by atoms with E-state index in [1.54, 1.807) is 19.2 Å². The first-order chi connectivity index (χ1) is 11.7. The zero-order valence-corrected chi connectivity index (χ0v) is 14.0. The van der Waals surface area contributed by atoms with Gasteiger partial charge in [-0.15, -0.1) is 0 Å². The Bertz CT molecular complexity index is 835. The maximum Gasteiger partial charge on any atom is 0.270 e. The molecule has 2 atom stereocenters. The first-order valence-electron chi connectivity index (χ1n) is 8.53. The maximum absolute atomic E-state index is 12.6. The molecule has 1 N–H and O–H groups in total. The molecule has 3 fully saturated rings. The smallest absolute Gasteiger partial charge is 0.270 e. The van der Waals surface area contributed by atoms with Crippen LogP contribution in [-0.2, 0) is 0 Å². The lowest BCUT2D eigenvalue weighted by Crippen LogP contribution is -2.62. The molecule has 1 amide bonds. The fourth-order valence-corrected chi connectivity index (χ4v) is 4.01. The molecule has 2 unspecified atom stereocenters. The highest BCUT2D eigenvalue weighted by atomic mass is 16.3. The summed E-state index contributed by atoms with van der Waals surface area (Å²) < 4.78 is 5.66. The largest absolute Gasteiger partial charge is 0.448 e. The molecule has 3 saturated heterocycles. The zero-order chi connectivity index (χ0) is 16.7. The van der Waals surface area contributed by atoms with Crippen LogP contribution in [0.1, 0.15) is 42.9 Å². The van der Waals surface area contributed by atoms with Crippen LogP contribution in [0.25, 0.3) is 11.0 Å². The Balaban J connectivity index is 1.55. The van der Waals surface area contributed by atoms with E-state index >= 15 is 0 Å². The summed E-state index contributed by atoms with van der Waals surface area (Å²) in [5.41, 5.74) is 1.05. The molecular weight excluding hydrogens is 302 g/mol. The fraction of sp³-hybridized carbons (Fsp3) is 0.474. The van der Waals surface area contributed by atoms with Crippen molar-refractivity contribution in [2.45, 2.75) is 38.8 Å². The molecule has 5 nitrogen and oxygen atoms in total. The first-order valence-corrected chi connectivity index (χ1v) is 8.53. The molecule has 0 radical (unpaired) electrons. The Kier molecular flexibility index (Phi) is 3.78. The SMILES string of the molecule is CC#Cc1cc2cnc(C(=O)NC3C4CCN(CC4)C3C)cc2o1. The summed E-state index contributed by atoms with van der Waals surface area (Å²) in [6.07, 6.45) is 4.01. The summed E-state index contributed by atoms with van der Waals surface area (Å²) >= 11 is 0. The first kappa shape index (κ1) is 15.2. The lowest BCUT2D eigenvalue weighted by atomic mass is 9.79. The fourth-order valence-electron chi connectivity index (χ4n) is 4.01. The number of aromatic nitrogens is 1. The van der Waals surface area contributed by atoms with Crippen molar-refractivity contribution in [3.05, 3.63) is 29.8 Å². The normalized spacial score (nSPS) is 28.4. The van der Waals surface area contributed by atoms with Gasteiger partial charge in [0, 0.05) is 35.8 Å². The minimum absolute atomic E-state index is 0.123. The van der Waals surface area contributed by atoms with Gasteiger partial charge in [0.1, 0.15) is 11.3 Å². The molecule has 5 rings (SSSR count). The van der Waals surface area contributed by atoms with Gasteiger partial charge in [0.2, 0.25) is 0 Å². The number of rotatable bonds is 2. The maximum atomic E-state index is 12.6. The van der Waals surface area contributed by atoms with E-state index in [9.17, 15) is 4.79 Å². The molecule has 2 aromatic rings. The van der Waals surface area contributed by atoms with Crippen LogP contribution < -0.4 is 5.32 Å². The molecule has 2 aromatic heterocycles. The zero-order valence-electron chi connectivity index (χ0n) is 14.0. The van der Waals surface area contributed by atoms with E-state index in [2.05, 4.69) is 34.0 Å². The second kappa shape index (κ2) is 5.95. The van der Waals surface area contributed by atoms with Crippen molar-refractivity contribution in [2.75, 3.05) is 13.1 Å². The number of pyridine rings is 1. The highest BCUT2D eigenvalue weighted by molar-refractivity contribution is 5.95. The Morgan fingerprint density at radius 1 is 1.38 bits per heavy atom. The number of furan rings is 1. The van der Waals surface area contributed by atoms with Gasteiger partial charge < -0.3 is 9.73 Å². The number of carbonyl (C=O) groups is 1. The van der Waals surface area contributed by atoms with E-state index in [4.69, 9.17) is 4.42 Å². The number of nitrogens with zero attached hydrogens (tertiary/aromatic N) is 2. The van der Waals surface area contributed by atoms with Crippen LogP contribution in [0.3, 0.4) is 0 Å². The van der Waals surface area contributed by atoms with E-state index in [0.29, 0.717) is 29.0 Å². The summed E-state index contributed by atoms with van der Waals surface area (Å²) in [5.74, 6) is 6.74. The van der Waals surface area contributed by atoms with Crippen LogP contribution in [0, 0.1) is 17.8 Å². The molecule has 0 aromatic carbocycles. The second-order valence-corrected chi connectivity index (χ2v) is 6.71. The summed E-state index contributed by atoms with van der Waals surface area (Å²) in [4.78, 5) is 19.4. The lowest BCUT2D eigenvalue weighted by Gasteiger charge is -2.49. The van der Waals surface area contributed by atoms with Crippen molar-refractivity contribution < 1.29 is 9.21 Å². The van der Waals surface area contributed by atoms with Crippen molar-refractivity contribution in [2.24, 2.45) is 5.92 Å². The van der Waals surface area contributed by atoms with Crippen LogP contribution in [0.2, 0.25) is 0 Å². The van der Waals surface area contributed by atoms with Crippen molar-refractivity contribution in [1.82, 2.24) is 15.2 Å². The van der Waals surface area contributed by atoms with Gasteiger partial charge in [0.15, 0.2) is 5.76 Å². The molecule has 0 spiro atoms. The van der Waals surface area contributed by atoms with Gasteiger partial charge >= 0.3 is 0 Å². The third kappa shape index (κ3) is 2.57. The molecular formula is C19H21N3O2. The number of carbonyl (C=O) groups excluding carboxylic acids is 1. The third-order valence-corrected chi connectivity index (χ3v) is 5.36. The molecule has 24 heavy (non-hydrogen) atoms. The molecule has 5 heterocycles. The van der Waals surface area contributed by atoms with Gasteiger partial charge in [-0.3, -0.25) is 14.7 Å². The molecule has 0 saturated carbocycles. The summed E-state index contributed by atoms with van der Waals surface area (Å²) in [6.45, 7) is 6.26. The molecule has 3 aliphatic rings. The van der Waals surface area contributed by atoms with E-state index in [-0.39, 0.29) is 11.9 Å². The third-order valence-electron chi connectivity index (χ3n) is 5.36. The molecule has 3 aliphatic heterocycles. The minimum Gasteiger partial charge on any atom is -0.448 e. The van der Waals surface area contributed by atoms with E-state index in [1.165, 1.54) is 12.8 Å². The predicted molar refractivity (Wildman–Crippen MR) is 91.6 cm³/mol. The van der Waals surface area contributed by atoms with Gasteiger partial charge in [0.25, 0.3) is 5.91 Å². The van der Waals surface area contributed by atoms with Crippen LogP contribution >= 0.6 is 0 Å². The van der Waals surface area contributed by atoms with Gasteiger partial charge in [-0.25, -0.2) is 0 Å². The average Bonchev–Trinajstić information content (AvgIpc) is 3.00. The van der Waals surface area contributed by atoms with Crippen LogP contribution in [0.5, 0.6) is 0 Å². The minimum atomic E-state index is -0.123. The molecule has 2 bridgehead atoms. The number of nitrogens with one attached hydrogen (secondary N) is 1. The number of piperidine rings is 3. The number of amides is 1. The van der Waals surface area contributed by atoms with Crippen molar-refractivity contribution in [3.63, 3.8) is 0 Å². The van der Waals surface area contributed by atoms with Gasteiger partial charge in [-0.2, -0.15) is 0 Å². The Labute approximate surface area is 141 Å². The molecule has 0 aliphatic carbocycles. The standard InChI is InChI=1S/C19H21N3O2/c1-3-4-15-9-14-11-20-16(10-17(14)24-15)19(23)21-18-12(2)22-7-5-13(18)6-8-22/h9-13,18H,5-8H2,1-2H3,(H,21,23). The number of hydrogen-bond acceptors (Lipinski definition) is 4. The van der Waals surface area contributed by atoms with Crippen LogP contribution in [0.15, 0.2) is 22.7 Å². The second-order valence-electron chi connectivity index (χ2n) is 6.71. The highest BCUT2D eigenvalue weighted by Crippen LogP contribution is 2.32. The molecule has 124 valence electrons. The summed E-state index contributed by atoms with van der Waals surface area (Å²) in [6, 6.07) is 4.14. The Hall–Kier alpha value is -2.32. The van der Waals surface area contributed by atoms with E-state index in [1.807, 2.05) is 6.07 Å². The van der Waals surface area contributed by atoms with Crippen LogP contribution in [0.4, 0.5) is 0 Å². The predicted octanol–water partition coefficient (Wildman–Crippen LogP) is 2.41. The van der Waals surface area contributed by atoms with Gasteiger partial charge in [-0.1, -0.05) is 5.92 Å². The Morgan fingerprint density at radius 2 is 2.17 bits per heavy atom. The van der Waals surface area contributed by atoms with Crippen molar-refractivity contribution in [3.8, 4) is 11.8 Å². The van der Waals surface area contributed by atoms with Crippen LogP contribution in [-0.4, -0.2) is 41.0 Å². The average molecular weight is 323 g/mol. The lowest BCUT2D eigenvalue weighted by molar-refractivity contribution is 0.0216. The van der Waals surface area contributed by atoms with Crippen molar-refractivity contribution in [1.29, 1.82) is 0 Å². The number of fused-ring (bicyclic) bond motifs is 4. The monoisotopic (exact) mass is 323 g/mol. The summed E-state index contributed by atoms with van der Waals surface area (Å²) in [7, 11) is 0. The van der Waals surface area contributed by atoms with E-state index in [0.717, 1.165) is 18.5 Å². The van der Waals surface area contributed by atoms with Crippen molar-refractivity contribution >= 4 is 16.9 Å². The summed E-state index contributed by atoms with van der Waals surface area (Å²) in [5, 5.41) is 4.06. The van der Waals surface area contributed by atoms with Gasteiger partial charge in [0.05, 0.1) is 0 Å². The van der Waals surface area contributed by atoms with E-state index < -0.39 is 0 Å². The quantitative estimate of drug-likeness (QED) is 0.862. The highest BCUT2D eigenvalue weighted by Gasteiger charge is 2.40. The molecule has 5 heteroatoms. The Morgan fingerprint density at radius 3 is 2.88 bits per heavy atom. The topological polar surface area (TPSA) is 58.4 Å². The van der Waals surface area contributed by atoms with Gasteiger partial charge in [-0.05, 0) is 51.6 Å². The number of hydrogen-bond donors (Lipinski definition) is 1.